The normalized spacial score (nSPS) is 32.3. The van der Waals surface area contributed by atoms with E-state index in [4.69, 9.17) is 28.4 Å². The second-order valence-corrected chi connectivity index (χ2v) is 19.7. The third kappa shape index (κ3) is 22.7. The van der Waals surface area contributed by atoms with E-state index in [9.17, 15) is 61.0 Å². The van der Waals surface area contributed by atoms with Gasteiger partial charge in [0.25, 0.3) is 0 Å². The maximum Gasteiger partial charge on any atom is 0.220 e. The van der Waals surface area contributed by atoms with Crippen LogP contribution in [0.15, 0.2) is 36.5 Å². The predicted molar refractivity (Wildman–Crippen MR) is 268 cm³/mol. The van der Waals surface area contributed by atoms with Crippen molar-refractivity contribution in [3.05, 3.63) is 36.5 Å². The first-order chi connectivity index (χ1) is 34.8. The molecule has 3 aliphatic rings. The molecular weight excluding hydrogens is 939 g/mol. The van der Waals surface area contributed by atoms with Gasteiger partial charge in [0, 0.05) is 6.42 Å². The van der Waals surface area contributed by atoms with E-state index in [1.54, 1.807) is 6.08 Å². The summed E-state index contributed by atoms with van der Waals surface area (Å²) in [5, 5.41) is 120. The number of ether oxygens (including phenoxy) is 6. The predicted octanol–water partition coefficient (Wildman–Crippen LogP) is 2.98. The van der Waals surface area contributed by atoms with Crippen LogP contribution in [0.5, 0.6) is 0 Å². The van der Waals surface area contributed by atoms with Crippen LogP contribution < -0.4 is 5.32 Å². The molecule has 0 spiro atoms. The lowest BCUT2D eigenvalue weighted by atomic mass is 9.96. The molecule has 0 aliphatic carbocycles. The molecule has 3 saturated heterocycles. The lowest BCUT2D eigenvalue weighted by Crippen LogP contribution is -2.66. The Kier molecular flexibility index (Phi) is 33.7. The fraction of sp³-hybridized carbons (Fsp3) is 0.868. The number of carbonyl (C=O) groups is 1. The van der Waals surface area contributed by atoms with Gasteiger partial charge in [-0.3, -0.25) is 4.79 Å². The lowest BCUT2D eigenvalue weighted by Gasteiger charge is -2.48. The molecule has 19 heteroatoms. The van der Waals surface area contributed by atoms with Crippen LogP contribution in [-0.2, 0) is 33.2 Å². The van der Waals surface area contributed by atoms with Gasteiger partial charge in [-0.05, 0) is 57.8 Å². The van der Waals surface area contributed by atoms with Crippen LogP contribution in [-0.4, -0.2) is 193 Å². The zero-order valence-corrected chi connectivity index (χ0v) is 43.1. The maximum atomic E-state index is 13.2. The zero-order valence-electron chi connectivity index (χ0n) is 43.1. The Balaban J connectivity index is 1.56. The van der Waals surface area contributed by atoms with Crippen LogP contribution in [0, 0.1) is 0 Å². The molecule has 3 rings (SSSR count). The average molecular weight is 1030 g/mol. The first kappa shape index (κ1) is 64.3. The van der Waals surface area contributed by atoms with Gasteiger partial charge in [-0.25, -0.2) is 0 Å². The van der Waals surface area contributed by atoms with Crippen molar-refractivity contribution < 1.29 is 89.4 Å². The van der Waals surface area contributed by atoms with E-state index in [1.807, 2.05) is 6.08 Å². The highest BCUT2D eigenvalue weighted by molar-refractivity contribution is 5.76. The van der Waals surface area contributed by atoms with Gasteiger partial charge in [0.1, 0.15) is 73.2 Å². The third-order valence-electron chi connectivity index (χ3n) is 13.7. The van der Waals surface area contributed by atoms with Gasteiger partial charge < -0.3 is 89.9 Å². The molecule has 0 radical (unpaired) electrons. The van der Waals surface area contributed by atoms with E-state index in [2.05, 4.69) is 43.5 Å². The van der Waals surface area contributed by atoms with Crippen LogP contribution in [0.3, 0.4) is 0 Å². The fourth-order valence-corrected chi connectivity index (χ4v) is 9.08. The summed E-state index contributed by atoms with van der Waals surface area (Å²) in [5.41, 5.74) is 0. The van der Waals surface area contributed by atoms with Crippen LogP contribution in [0.1, 0.15) is 162 Å². The molecule has 0 aromatic rings. The summed E-state index contributed by atoms with van der Waals surface area (Å²) < 4.78 is 34.1. The summed E-state index contributed by atoms with van der Waals surface area (Å²) in [7, 11) is 0. The lowest BCUT2D eigenvalue weighted by molar-refractivity contribution is -0.379. The summed E-state index contributed by atoms with van der Waals surface area (Å²) in [6.07, 6.45) is 9.99. The van der Waals surface area contributed by atoms with E-state index in [0.29, 0.717) is 12.8 Å². The van der Waals surface area contributed by atoms with Crippen molar-refractivity contribution in [1.29, 1.82) is 0 Å². The van der Waals surface area contributed by atoms with Crippen molar-refractivity contribution in [3.63, 3.8) is 0 Å². The van der Waals surface area contributed by atoms with Crippen molar-refractivity contribution in [2.24, 2.45) is 0 Å². The number of hydrogen-bond acceptors (Lipinski definition) is 18. The van der Waals surface area contributed by atoms with E-state index in [1.165, 1.54) is 70.6 Å². The first-order valence-corrected chi connectivity index (χ1v) is 27.2. The molecule has 0 aromatic carbocycles. The molecule has 1 amide bonds. The van der Waals surface area contributed by atoms with E-state index < -0.39 is 124 Å². The maximum absolute atomic E-state index is 13.2. The summed E-state index contributed by atoms with van der Waals surface area (Å²) in [6.45, 7) is 1.64. The van der Waals surface area contributed by atoms with Crippen molar-refractivity contribution >= 4 is 5.91 Å². The second kappa shape index (κ2) is 37.7. The highest BCUT2D eigenvalue weighted by Gasteiger charge is 2.53. The molecule has 3 heterocycles. The molecule has 0 bridgehead atoms. The number of unbranched alkanes of at least 4 members (excludes halogenated alkanes) is 18. The van der Waals surface area contributed by atoms with Crippen LogP contribution in [0.25, 0.3) is 0 Å². The molecule has 17 unspecified atom stereocenters. The Hall–Kier alpha value is -1.99. The number of nitrogens with one attached hydrogen (secondary N) is 1. The topological polar surface area (TPSA) is 307 Å². The number of carbonyl (C=O) groups excluding carboxylic acids is 1. The summed E-state index contributed by atoms with van der Waals surface area (Å²) in [4.78, 5) is 13.2. The molecule has 12 N–H and O–H groups in total. The molecule has 0 aromatic heterocycles. The minimum absolute atomic E-state index is 0.225. The molecule has 17 atom stereocenters. The summed E-state index contributed by atoms with van der Waals surface area (Å²) >= 11 is 0. The quantitative estimate of drug-likeness (QED) is 0.0313. The Bertz CT molecular complexity index is 1470. The Morgan fingerprint density at radius 1 is 0.486 bits per heavy atom. The van der Waals surface area contributed by atoms with Crippen LogP contribution >= 0.6 is 0 Å². The summed E-state index contributed by atoms with van der Waals surface area (Å²) in [5.74, 6) is -0.298. The molecule has 420 valence electrons. The average Bonchev–Trinajstić information content (AvgIpc) is 3.37. The Morgan fingerprint density at radius 3 is 1.39 bits per heavy atom. The van der Waals surface area contributed by atoms with Gasteiger partial charge in [-0.1, -0.05) is 134 Å². The van der Waals surface area contributed by atoms with Gasteiger partial charge in [0.05, 0.1) is 38.6 Å². The molecule has 3 aliphatic heterocycles. The molecular formula is C53H95NO18. The third-order valence-corrected chi connectivity index (χ3v) is 13.7. The molecule has 19 nitrogen and oxygen atoms in total. The number of amides is 1. The number of aliphatic hydroxyl groups is 11. The van der Waals surface area contributed by atoms with Gasteiger partial charge in [0.2, 0.25) is 5.91 Å². The van der Waals surface area contributed by atoms with E-state index in [-0.39, 0.29) is 18.9 Å². The van der Waals surface area contributed by atoms with E-state index >= 15 is 0 Å². The number of rotatable bonds is 38. The molecule has 0 saturated carbocycles. The van der Waals surface area contributed by atoms with Gasteiger partial charge in [-0.15, -0.1) is 0 Å². The number of aliphatic hydroxyl groups excluding tert-OH is 11. The van der Waals surface area contributed by atoms with Crippen molar-refractivity contribution in [3.8, 4) is 0 Å². The Labute approximate surface area is 428 Å². The first-order valence-electron chi connectivity index (χ1n) is 27.2. The number of allylic oxidation sites excluding steroid dienone is 5. The van der Waals surface area contributed by atoms with Crippen molar-refractivity contribution in [2.75, 3.05) is 26.4 Å². The van der Waals surface area contributed by atoms with Crippen molar-refractivity contribution in [2.45, 2.75) is 266 Å². The van der Waals surface area contributed by atoms with Crippen LogP contribution in [0.2, 0.25) is 0 Å². The summed E-state index contributed by atoms with van der Waals surface area (Å²) in [6, 6.07) is -0.990. The SMILES string of the molecule is CCCCCCC/C=C\CCCCCCCC(=O)NC(COC1OC(CO)C(OC2OC(CO)C(OC3OC(CO)C(O)C(O)C3O)C(O)C2O)C(O)C1O)C(O)/C=C/CC/C=C/CCCCCCCCC. The van der Waals surface area contributed by atoms with E-state index in [0.717, 1.165) is 57.8 Å². The fourth-order valence-electron chi connectivity index (χ4n) is 9.08. The highest BCUT2D eigenvalue weighted by Crippen LogP contribution is 2.33. The molecule has 3 fully saturated rings. The van der Waals surface area contributed by atoms with Gasteiger partial charge in [-0.2, -0.15) is 0 Å². The van der Waals surface area contributed by atoms with Crippen LogP contribution in [0.4, 0.5) is 0 Å². The van der Waals surface area contributed by atoms with Crippen molar-refractivity contribution in [1.82, 2.24) is 5.32 Å². The number of hydrogen-bond donors (Lipinski definition) is 12. The van der Waals surface area contributed by atoms with Gasteiger partial charge >= 0.3 is 0 Å². The zero-order chi connectivity index (χ0) is 52.7. The Morgan fingerprint density at radius 2 is 0.889 bits per heavy atom. The highest BCUT2D eigenvalue weighted by atomic mass is 16.8. The van der Waals surface area contributed by atoms with Gasteiger partial charge in [0.15, 0.2) is 18.9 Å². The largest absolute Gasteiger partial charge is 0.394 e. The second-order valence-electron chi connectivity index (χ2n) is 19.7. The standard InChI is InChI=1S/C53H95NO18/c1-3-5-7-9-11-13-15-17-19-21-23-25-27-29-31-41(59)54-36(37(58)30-28-26-24-22-20-18-16-14-12-10-8-6-4-2)35-67-51-47(65)44(62)49(39(33-56)69-51)72-53-48(66)45(63)50(40(34-57)70-53)71-52-46(64)43(61)42(60)38(32-55)68-52/h15,17,20,22,28,30,36-40,42-53,55-58,60-66H,3-14,16,18-19,21,23-27,29,31-35H2,1-2H3,(H,54,59)/b17-15-,22-20+,30-28+. The smallest absolute Gasteiger partial charge is 0.220 e. The minimum Gasteiger partial charge on any atom is -0.394 e. The minimum atomic E-state index is -1.98. The molecule has 72 heavy (non-hydrogen) atoms. The monoisotopic (exact) mass is 1030 g/mol.